The number of carbonyl (C=O) groups is 1. The topological polar surface area (TPSA) is 52.6 Å². The van der Waals surface area contributed by atoms with Crippen LogP contribution in [-0.4, -0.2) is 47.2 Å². The second kappa shape index (κ2) is 6.97. The number of hydrogen-bond donors (Lipinski definition) is 2. The van der Waals surface area contributed by atoms with Gasteiger partial charge < -0.3 is 10.4 Å². The smallest absolute Gasteiger partial charge is 0.320 e. The van der Waals surface area contributed by atoms with Crippen molar-refractivity contribution in [2.45, 2.75) is 64.6 Å². The first-order chi connectivity index (χ1) is 8.06. The van der Waals surface area contributed by atoms with Crippen molar-refractivity contribution < 1.29 is 9.90 Å². The molecular formula is C13H26N2O2. The summed E-state index contributed by atoms with van der Waals surface area (Å²) in [7, 11) is 0. The molecule has 3 unspecified atom stereocenters. The number of piperidine rings is 1. The number of rotatable bonds is 6. The van der Waals surface area contributed by atoms with Crippen LogP contribution in [0.3, 0.4) is 0 Å². The van der Waals surface area contributed by atoms with Gasteiger partial charge in [-0.1, -0.05) is 13.3 Å². The molecule has 0 aromatic carbocycles. The van der Waals surface area contributed by atoms with Gasteiger partial charge in [0.2, 0.25) is 0 Å². The summed E-state index contributed by atoms with van der Waals surface area (Å²) in [5.74, 6) is -0.732. The van der Waals surface area contributed by atoms with E-state index in [1.807, 2.05) is 6.92 Å². The number of nitrogens with one attached hydrogen (secondary N) is 1. The monoisotopic (exact) mass is 242 g/mol. The van der Waals surface area contributed by atoms with Gasteiger partial charge in [-0.25, -0.2) is 0 Å². The quantitative estimate of drug-likeness (QED) is 0.744. The van der Waals surface area contributed by atoms with Crippen molar-refractivity contribution in [1.82, 2.24) is 10.2 Å². The summed E-state index contributed by atoms with van der Waals surface area (Å²) in [6.45, 7) is 8.04. The van der Waals surface area contributed by atoms with Gasteiger partial charge in [0.15, 0.2) is 0 Å². The zero-order valence-electron chi connectivity index (χ0n) is 11.3. The van der Waals surface area contributed by atoms with E-state index in [4.69, 9.17) is 5.11 Å². The van der Waals surface area contributed by atoms with Crippen LogP contribution in [0.25, 0.3) is 0 Å². The van der Waals surface area contributed by atoms with Crippen LogP contribution in [0.5, 0.6) is 0 Å². The first-order valence-corrected chi connectivity index (χ1v) is 6.78. The number of likely N-dealkylation sites (N-methyl/N-ethyl adjacent to an activating group) is 1. The van der Waals surface area contributed by atoms with Crippen molar-refractivity contribution in [2.24, 2.45) is 0 Å². The minimum absolute atomic E-state index is 0.402. The van der Waals surface area contributed by atoms with Gasteiger partial charge in [0.25, 0.3) is 0 Å². The van der Waals surface area contributed by atoms with Gasteiger partial charge in [-0.05, 0) is 39.7 Å². The number of likely N-dealkylation sites (tertiary alicyclic amines) is 1. The highest BCUT2D eigenvalue weighted by Crippen LogP contribution is 2.22. The molecule has 4 heteroatoms. The lowest BCUT2D eigenvalue weighted by Crippen LogP contribution is -2.47. The fraction of sp³-hybridized carbons (Fsp3) is 0.923. The van der Waals surface area contributed by atoms with Crippen LogP contribution in [0.4, 0.5) is 0 Å². The SMILES string of the molecule is CCNC(CCN1C(C)CCCC1C)C(=O)O. The largest absolute Gasteiger partial charge is 0.480 e. The van der Waals surface area contributed by atoms with E-state index >= 15 is 0 Å². The van der Waals surface area contributed by atoms with Crippen molar-refractivity contribution >= 4 is 5.97 Å². The molecule has 0 radical (unpaired) electrons. The molecule has 1 fully saturated rings. The van der Waals surface area contributed by atoms with Gasteiger partial charge in [0.1, 0.15) is 6.04 Å². The third-order valence-corrected chi connectivity index (χ3v) is 3.80. The summed E-state index contributed by atoms with van der Waals surface area (Å²) >= 11 is 0. The Bertz CT molecular complexity index is 236. The Labute approximate surface area is 104 Å². The minimum Gasteiger partial charge on any atom is -0.480 e. The first kappa shape index (κ1) is 14.5. The summed E-state index contributed by atoms with van der Waals surface area (Å²) in [5.41, 5.74) is 0. The molecule has 1 aliphatic heterocycles. The standard InChI is InChI=1S/C13H26N2O2/c1-4-14-12(13(16)17)8-9-15-10(2)6-5-7-11(15)3/h10-12,14H,4-9H2,1-3H3,(H,16,17). The highest BCUT2D eigenvalue weighted by atomic mass is 16.4. The van der Waals surface area contributed by atoms with Crippen LogP contribution in [0, 0.1) is 0 Å². The predicted octanol–water partition coefficient (Wildman–Crippen LogP) is 1.70. The molecule has 0 saturated carbocycles. The molecule has 1 aliphatic rings. The lowest BCUT2D eigenvalue weighted by atomic mass is 9.97. The fourth-order valence-electron chi connectivity index (χ4n) is 2.75. The molecule has 0 spiro atoms. The molecule has 17 heavy (non-hydrogen) atoms. The van der Waals surface area contributed by atoms with Crippen molar-refractivity contribution in [3.05, 3.63) is 0 Å². The van der Waals surface area contributed by atoms with Crippen LogP contribution >= 0.6 is 0 Å². The Hall–Kier alpha value is -0.610. The Balaban J connectivity index is 2.43. The van der Waals surface area contributed by atoms with Crippen LogP contribution in [0.15, 0.2) is 0 Å². The number of carboxylic acid groups (broad SMARTS) is 1. The second-order valence-electron chi connectivity index (χ2n) is 5.10. The molecule has 0 aromatic heterocycles. The Morgan fingerprint density at radius 2 is 2.00 bits per heavy atom. The van der Waals surface area contributed by atoms with Crippen molar-refractivity contribution in [3.8, 4) is 0 Å². The fourth-order valence-corrected chi connectivity index (χ4v) is 2.75. The van der Waals surface area contributed by atoms with Crippen molar-refractivity contribution in [3.63, 3.8) is 0 Å². The lowest BCUT2D eigenvalue weighted by Gasteiger charge is -2.39. The lowest BCUT2D eigenvalue weighted by molar-refractivity contribution is -0.139. The molecule has 100 valence electrons. The van der Waals surface area contributed by atoms with Crippen LogP contribution in [0.1, 0.15) is 46.5 Å². The molecule has 0 bridgehead atoms. The van der Waals surface area contributed by atoms with Crippen LogP contribution in [-0.2, 0) is 4.79 Å². The zero-order chi connectivity index (χ0) is 12.8. The molecule has 1 rings (SSSR count). The summed E-state index contributed by atoms with van der Waals surface area (Å²) in [6.07, 6.45) is 4.47. The van der Waals surface area contributed by atoms with Gasteiger partial charge in [0.05, 0.1) is 0 Å². The van der Waals surface area contributed by atoms with Gasteiger partial charge in [-0.2, -0.15) is 0 Å². The van der Waals surface area contributed by atoms with Gasteiger partial charge in [-0.15, -0.1) is 0 Å². The van der Waals surface area contributed by atoms with E-state index < -0.39 is 12.0 Å². The highest BCUT2D eigenvalue weighted by Gasteiger charge is 2.26. The summed E-state index contributed by atoms with van der Waals surface area (Å²) in [6, 6.07) is 0.783. The predicted molar refractivity (Wildman–Crippen MR) is 69.2 cm³/mol. The maximum atomic E-state index is 11.0. The van der Waals surface area contributed by atoms with Gasteiger partial charge >= 0.3 is 5.97 Å². The number of aliphatic carboxylic acids is 1. The maximum Gasteiger partial charge on any atom is 0.320 e. The van der Waals surface area contributed by atoms with E-state index in [-0.39, 0.29) is 0 Å². The molecule has 0 aromatic rings. The molecular weight excluding hydrogens is 216 g/mol. The van der Waals surface area contributed by atoms with Gasteiger partial charge in [-0.3, -0.25) is 9.69 Å². The third-order valence-electron chi connectivity index (χ3n) is 3.80. The van der Waals surface area contributed by atoms with Crippen LogP contribution in [0.2, 0.25) is 0 Å². The van der Waals surface area contributed by atoms with Gasteiger partial charge in [0, 0.05) is 18.6 Å². The van der Waals surface area contributed by atoms with E-state index in [2.05, 4.69) is 24.1 Å². The normalized spacial score (nSPS) is 27.9. The third kappa shape index (κ3) is 4.28. The number of nitrogens with zero attached hydrogens (tertiary/aromatic N) is 1. The maximum absolute atomic E-state index is 11.0. The summed E-state index contributed by atoms with van der Waals surface area (Å²) < 4.78 is 0. The molecule has 2 N–H and O–H groups in total. The number of hydrogen-bond acceptors (Lipinski definition) is 3. The molecule has 4 nitrogen and oxygen atoms in total. The highest BCUT2D eigenvalue weighted by molar-refractivity contribution is 5.73. The van der Waals surface area contributed by atoms with Crippen LogP contribution < -0.4 is 5.32 Å². The van der Waals surface area contributed by atoms with Crippen molar-refractivity contribution in [2.75, 3.05) is 13.1 Å². The molecule has 1 heterocycles. The van der Waals surface area contributed by atoms with Crippen molar-refractivity contribution in [1.29, 1.82) is 0 Å². The molecule has 0 aliphatic carbocycles. The first-order valence-electron chi connectivity index (χ1n) is 6.78. The average Bonchev–Trinajstić information content (AvgIpc) is 2.26. The zero-order valence-corrected chi connectivity index (χ0v) is 11.3. The van der Waals surface area contributed by atoms with E-state index in [0.717, 1.165) is 6.54 Å². The number of carboxylic acids is 1. The Kier molecular flexibility index (Phi) is 5.92. The minimum atomic E-state index is -0.732. The summed E-state index contributed by atoms with van der Waals surface area (Å²) in [4.78, 5) is 13.5. The van der Waals surface area contributed by atoms with E-state index in [1.165, 1.54) is 19.3 Å². The molecule has 0 amide bonds. The van der Waals surface area contributed by atoms with E-state index in [9.17, 15) is 4.79 Å². The molecule has 1 saturated heterocycles. The summed E-state index contributed by atoms with van der Waals surface area (Å²) in [5, 5.41) is 12.1. The Morgan fingerprint density at radius 3 is 2.47 bits per heavy atom. The molecule has 3 atom stereocenters. The second-order valence-corrected chi connectivity index (χ2v) is 5.10. The van der Waals surface area contributed by atoms with E-state index in [0.29, 0.717) is 25.0 Å². The average molecular weight is 242 g/mol. The Morgan fingerprint density at radius 1 is 1.41 bits per heavy atom. The van der Waals surface area contributed by atoms with E-state index in [1.54, 1.807) is 0 Å².